The molecule has 1 aromatic carbocycles. The molecule has 7 heteroatoms. The van der Waals surface area contributed by atoms with Crippen molar-refractivity contribution in [2.24, 2.45) is 0 Å². The van der Waals surface area contributed by atoms with Crippen LogP contribution in [0.1, 0.15) is 29.0 Å². The number of hydrogen-bond donors (Lipinski definition) is 1. The van der Waals surface area contributed by atoms with E-state index < -0.39 is 0 Å². The van der Waals surface area contributed by atoms with E-state index in [-0.39, 0.29) is 11.7 Å². The van der Waals surface area contributed by atoms with Gasteiger partial charge in [0.1, 0.15) is 6.33 Å². The summed E-state index contributed by atoms with van der Waals surface area (Å²) in [5.41, 5.74) is 1.68. The van der Waals surface area contributed by atoms with Gasteiger partial charge in [-0.15, -0.1) is 0 Å². The molecule has 0 aliphatic rings. The van der Waals surface area contributed by atoms with Gasteiger partial charge in [0, 0.05) is 12.5 Å². The highest BCUT2D eigenvalue weighted by Crippen LogP contribution is 2.34. The van der Waals surface area contributed by atoms with Crippen molar-refractivity contribution in [1.29, 1.82) is 0 Å². The van der Waals surface area contributed by atoms with E-state index in [4.69, 9.17) is 0 Å². The van der Waals surface area contributed by atoms with Crippen molar-refractivity contribution in [1.82, 2.24) is 9.55 Å². The lowest BCUT2D eigenvalue weighted by Gasteiger charge is -2.10. The minimum atomic E-state index is -0.212. The van der Waals surface area contributed by atoms with Crippen LogP contribution >= 0.6 is 15.9 Å². The number of ketones is 1. The van der Waals surface area contributed by atoms with E-state index in [2.05, 4.69) is 26.2 Å². The molecule has 0 aliphatic heterocycles. The number of amides is 1. The lowest BCUT2D eigenvalue weighted by molar-refractivity contribution is -0.105. The van der Waals surface area contributed by atoms with Crippen LogP contribution in [0.4, 0.5) is 5.69 Å². The molecule has 0 saturated heterocycles. The second-order valence-corrected chi connectivity index (χ2v) is 4.73. The topological polar surface area (TPSA) is 81.1 Å². The quantitative estimate of drug-likeness (QED) is 0.693. The first kappa shape index (κ1) is 13.4. The van der Waals surface area contributed by atoms with Gasteiger partial charge >= 0.3 is 0 Å². The summed E-state index contributed by atoms with van der Waals surface area (Å²) in [7, 11) is 0. The second kappa shape index (κ2) is 4.93. The summed E-state index contributed by atoms with van der Waals surface area (Å²) in [6, 6.07) is 1.55. The van der Waals surface area contributed by atoms with Crippen LogP contribution in [0.5, 0.6) is 0 Å². The molecule has 1 heterocycles. The van der Waals surface area contributed by atoms with E-state index in [1.165, 1.54) is 24.7 Å². The van der Waals surface area contributed by atoms with Crippen LogP contribution < -0.4 is 5.32 Å². The van der Waals surface area contributed by atoms with Crippen LogP contribution in [0.15, 0.2) is 16.9 Å². The Kier molecular flexibility index (Phi) is 3.48. The zero-order valence-electron chi connectivity index (χ0n) is 10.2. The summed E-state index contributed by atoms with van der Waals surface area (Å²) < 4.78 is 1.80. The van der Waals surface area contributed by atoms with E-state index in [0.717, 1.165) is 0 Å². The molecule has 6 nitrogen and oxygen atoms in total. The summed E-state index contributed by atoms with van der Waals surface area (Å²) in [5.74, 6) is -0.417. The number of aromatic nitrogens is 2. The molecule has 0 saturated carbocycles. The van der Waals surface area contributed by atoms with Crippen molar-refractivity contribution < 1.29 is 14.4 Å². The van der Waals surface area contributed by atoms with Crippen LogP contribution in [0.25, 0.3) is 11.0 Å². The van der Waals surface area contributed by atoms with E-state index in [0.29, 0.717) is 33.2 Å². The molecule has 0 bridgehead atoms. The number of carbonyl (C=O) groups excluding carboxylic acids is 3. The third kappa shape index (κ3) is 2.17. The van der Waals surface area contributed by atoms with E-state index in [1.54, 1.807) is 6.07 Å². The fourth-order valence-electron chi connectivity index (χ4n) is 1.85. The van der Waals surface area contributed by atoms with Crippen molar-refractivity contribution >= 4 is 50.8 Å². The smallest absolute Gasteiger partial charge is 0.229 e. The van der Waals surface area contributed by atoms with Gasteiger partial charge < -0.3 is 5.32 Å². The number of anilines is 1. The highest BCUT2D eigenvalue weighted by molar-refractivity contribution is 9.10. The number of hydrogen-bond acceptors (Lipinski definition) is 4. The zero-order chi connectivity index (χ0) is 14.2. The van der Waals surface area contributed by atoms with Crippen LogP contribution in [0.3, 0.4) is 0 Å². The van der Waals surface area contributed by atoms with Crippen molar-refractivity contribution in [2.45, 2.75) is 13.8 Å². The highest BCUT2D eigenvalue weighted by Gasteiger charge is 2.19. The third-order valence-corrected chi connectivity index (χ3v) is 3.47. The Labute approximate surface area is 116 Å². The Morgan fingerprint density at radius 1 is 1.42 bits per heavy atom. The number of benzene rings is 1. The maximum atomic E-state index is 11.6. The Hall–Kier alpha value is -2.02. The first-order chi connectivity index (χ1) is 8.97. The molecular weight excluding hydrogens is 314 g/mol. The van der Waals surface area contributed by atoms with Gasteiger partial charge in [-0.1, -0.05) is 0 Å². The minimum Gasteiger partial charge on any atom is -0.327 e. The fourth-order valence-corrected chi connectivity index (χ4v) is 2.57. The van der Waals surface area contributed by atoms with E-state index >= 15 is 0 Å². The third-order valence-electron chi connectivity index (χ3n) is 2.70. The number of carbonyl (C=O) groups is 3. The Morgan fingerprint density at radius 2 is 2.11 bits per heavy atom. The average Bonchev–Trinajstić information content (AvgIpc) is 2.76. The minimum absolute atomic E-state index is 0.204. The van der Waals surface area contributed by atoms with Gasteiger partial charge in [0.2, 0.25) is 12.3 Å². The molecule has 19 heavy (non-hydrogen) atoms. The Bertz CT molecular complexity index is 706. The molecule has 1 aromatic heterocycles. The monoisotopic (exact) mass is 323 g/mol. The summed E-state index contributed by atoms with van der Waals surface area (Å²) in [5, 5.41) is 2.47. The van der Waals surface area contributed by atoms with Gasteiger partial charge in [0.25, 0.3) is 0 Å². The summed E-state index contributed by atoms with van der Waals surface area (Å²) in [4.78, 5) is 37.9. The van der Waals surface area contributed by atoms with Gasteiger partial charge in [0.05, 0.1) is 21.2 Å². The highest BCUT2D eigenvalue weighted by atomic mass is 79.9. The first-order valence-corrected chi connectivity index (χ1v) is 6.18. The first-order valence-electron chi connectivity index (χ1n) is 5.39. The normalized spacial score (nSPS) is 10.5. The molecule has 0 unspecified atom stereocenters. The maximum Gasteiger partial charge on any atom is 0.229 e. The maximum absolute atomic E-state index is 11.6. The van der Waals surface area contributed by atoms with Crippen molar-refractivity contribution in [3.63, 3.8) is 0 Å². The van der Waals surface area contributed by atoms with Crippen molar-refractivity contribution in [2.75, 3.05) is 5.32 Å². The number of nitrogens with zero attached hydrogens (tertiary/aromatic N) is 2. The van der Waals surface area contributed by atoms with Crippen LogP contribution in [-0.4, -0.2) is 27.7 Å². The van der Waals surface area contributed by atoms with Gasteiger partial charge in [0.15, 0.2) is 5.78 Å². The Morgan fingerprint density at radius 3 is 2.63 bits per heavy atom. The van der Waals surface area contributed by atoms with Crippen molar-refractivity contribution in [3.8, 4) is 0 Å². The van der Waals surface area contributed by atoms with Gasteiger partial charge in [-0.3, -0.25) is 19.0 Å². The zero-order valence-corrected chi connectivity index (χ0v) is 11.8. The van der Waals surface area contributed by atoms with Gasteiger partial charge in [-0.2, -0.15) is 0 Å². The summed E-state index contributed by atoms with van der Waals surface area (Å²) in [6.07, 6.45) is 1.86. The molecule has 98 valence electrons. The number of Topliss-reactive ketones (excluding diaryl/α,β-unsaturated/α-hetero) is 1. The van der Waals surface area contributed by atoms with Gasteiger partial charge in [-0.25, -0.2) is 4.98 Å². The largest absolute Gasteiger partial charge is 0.327 e. The molecular formula is C12H10BrN3O3. The molecule has 2 rings (SSSR count). The van der Waals surface area contributed by atoms with Crippen molar-refractivity contribution in [3.05, 3.63) is 22.4 Å². The summed E-state index contributed by atoms with van der Waals surface area (Å²) in [6.45, 7) is 2.80. The molecule has 0 radical (unpaired) electrons. The predicted molar refractivity (Wildman–Crippen MR) is 73.4 cm³/mol. The molecule has 0 spiro atoms. The lowest BCUT2D eigenvalue weighted by Crippen LogP contribution is -2.07. The second-order valence-electron chi connectivity index (χ2n) is 3.93. The van der Waals surface area contributed by atoms with E-state index in [1.807, 2.05) is 0 Å². The number of nitrogens with one attached hydrogen (secondary N) is 1. The van der Waals surface area contributed by atoms with Crippen LogP contribution in [-0.2, 0) is 4.79 Å². The molecule has 0 atom stereocenters. The lowest BCUT2D eigenvalue weighted by atomic mass is 10.1. The molecule has 0 fully saturated rings. The predicted octanol–water partition coefficient (Wildman–Crippen LogP) is 2.23. The molecule has 2 aromatic rings. The van der Waals surface area contributed by atoms with Crippen LogP contribution in [0, 0.1) is 0 Å². The number of rotatable bonds is 3. The van der Waals surface area contributed by atoms with E-state index in [9.17, 15) is 14.4 Å². The SMILES string of the molecule is CC(=O)c1cc2ncn(C(C)=O)c2c(Br)c1NC=O. The fraction of sp³-hybridized carbons (Fsp3) is 0.167. The Balaban J connectivity index is 2.87. The van der Waals surface area contributed by atoms with Crippen LogP contribution in [0.2, 0.25) is 0 Å². The number of halogens is 1. The number of imidazole rings is 1. The molecule has 1 N–H and O–H groups in total. The average molecular weight is 324 g/mol. The molecule has 0 aliphatic carbocycles. The standard InChI is InChI=1S/C12H10BrN3O3/c1-6(18)8-3-9-12(10(13)11(8)15-5-17)16(4-14-9)7(2)19/h3-5H,1-2H3,(H,15,17). The van der Waals surface area contributed by atoms with Gasteiger partial charge in [-0.05, 0) is 28.9 Å². The molecule has 1 amide bonds. The summed E-state index contributed by atoms with van der Waals surface area (Å²) >= 11 is 3.31. The number of fused-ring (bicyclic) bond motifs is 1.